The van der Waals surface area contributed by atoms with Crippen molar-refractivity contribution >= 4 is 21.2 Å². The van der Waals surface area contributed by atoms with Gasteiger partial charge in [0, 0.05) is 0 Å². The number of phenolic OH excluding ortho intramolecular Hbond substituents is 1. The number of aromatic hydroxyl groups is 1. The van der Waals surface area contributed by atoms with E-state index in [2.05, 4.69) is 10.2 Å². The van der Waals surface area contributed by atoms with Crippen molar-refractivity contribution < 1.29 is 18.6 Å². The molecule has 6 nitrogen and oxygen atoms in total. The van der Waals surface area contributed by atoms with Gasteiger partial charge in [-0.3, -0.25) is 0 Å². The summed E-state index contributed by atoms with van der Waals surface area (Å²) >= 11 is 0. The Hall–Kier alpha value is -2.25. The molecule has 0 heterocycles. The summed E-state index contributed by atoms with van der Waals surface area (Å²) in [4.78, 5) is 0.141. The molecule has 0 aliphatic heterocycles. The molecule has 23 heavy (non-hydrogen) atoms. The molecule has 0 fully saturated rings. The highest BCUT2D eigenvalue weighted by molar-refractivity contribution is 7.91. The van der Waals surface area contributed by atoms with E-state index in [1.807, 2.05) is 0 Å². The third-order valence-electron chi connectivity index (χ3n) is 3.31. The van der Waals surface area contributed by atoms with Crippen LogP contribution < -0.4 is 0 Å². The van der Waals surface area contributed by atoms with Gasteiger partial charge in [-0.25, -0.2) is 8.42 Å². The van der Waals surface area contributed by atoms with Gasteiger partial charge in [-0.15, -0.1) is 0 Å². The Kier molecular flexibility index (Phi) is 5.12. The Morgan fingerprint density at radius 1 is 0.957 bits per heavy atom. The molecule has 0 bridgehead atoms. The van der Waals surface area contributed by atoms with Crippen LogP contribution in [0.2, 0.25) is 0 Å². The number of phenols is 1. The number of aryl methyl sites for hydroxylation is 2. The van der Waals surface area contributed by atoms with Gasteiger partial charge in [0.15, 0.2) is 9.84 Å². The molecule has 0 atom stereocenters. The van der Waals surface area contributed by atoms with Gasteiger partial charge in [-0.2, -0.15) is 10.2 Å². The smallest absolute Gasteiger partial charge is 0.180 e. The second-order valence-corrected chi connectivity index (χ2v) is 7.27. The van der Waals surface area contributed by atoms with Crippen molar-refractivity contribution in [1.82, 2.24) is 0 Å². The molecular formula is C16H18N2O4S. The van der Waals surface area contributed by atoms with E-state index in [-0.39, 0.29) is 16.4 Å². The topological polar surface area (TPSA) is 99.3 Å². The Bertz CT molecular complexity index is 805. The lowest BCUT2D eigenvalue weighted by Crippen LogP contribution is -2.09. The van der Waals surface area contributed by atoms with E-state index in [1.54, 1.807) is 38.1 Å². The molecule has 0 aliphatic rings. The molecule has 0 amide bonds. The quantitative estimate of drug-likeness (QED) is 0.820. The number of hydrogen-bond donors (Lipinski definition) is 2. The molecule has 122 valence electrons. The summed E-state index contributed by atoms with van der Waals surface area (Å²) in [7, 11) is -3.46. The minimum Gasteiger partial charge on any atom is -0.507 e. The monoisotopic (exact) mass is 334 g/mol. The summed E-state index contributed by atoms with van der Waals surface area (Å²) < 4.78 is 23.6. The molecule has 7 heteroatoms. The zero-order valence-corrected chi connectivity index (χ0v) is 13.7. The molecule has 2 N–H and O–H groups in total. The van der Waals surface area contributed by atoms with Crippen LogP contribution in [0, 0.1) is 13.8 Å². The third-order valence-corrected chi connectivity index (χ3v) is 5.02. The van der Waals surface area contributed by atoms with Crippen molar-refractivity contribution in [3.05, 3.63) is 47.5 Å². The van der Waals surface area contributed by atoms with Crippen molar-refractivity contribution in [1.29, 1.82) is 0 Å². The Balaban J connectivity index is 2.21. The van der Waals surface area contributed by atoms with Crippen LogP contribution in [0.25, 0.3) is 0 Å². The van der Waals surface area contributed by atoms with Crippen LogP contribution in [-0.2, 0) is 9.84 Å². The van der Waals surface area contributed by atoms with Crippen molar-refractivity contribution in [2.45, 2.75) is 18.7 Å². The lowest BCUT2D eigenvalue weighted by atomic mass is 10.1. The van der Waals surface area contributed by atoms with Crippen molar-refractivity contribution in [3.63, 3.8) is 0 Å². The van der Waals surface area contributed by atoms with Gasteiger partial charge in [0.25, 0.3) is 0 Å². The van der Waals surface area contributed by atoms with Crippen LogP contribution in [0.4, 0.5) is 11.4 Å². The Morgan fingerprint density at radius 2 is 1.48 bits per heavy atom. The Morgan fingerprint density at radius 3 is 2.00 bits per heavy atom. The average molecular weight is 334 g/mol. The van der Waals surface area contributed by atoms with Crippen LogP contribution in [0.3, 0.4) is 0 Å². The van der Waals surface area contributed by atoms with Crippen LogP contribution in [-0.4, -0.2) is 31.0 Å². The lowest BCUT2D eigenvalue weighted by Gasteiger charge is -2.04. The fraction of sp³-hybridized carbons (Fsp3) is 0.250. The van der Waals surface area contributed by atoms with E-state index in [0.29, 0.717) is 22.5 Å². The predicted molar refractivity (Wildman–Crippen MR) is 87.3 cm³/mol. The molecule has 2 rings (SSSR count). The summed E-state index contributed by atoms with van der Waals surface area (Å²) in [5.74, 6) is -0.0673. The summed E-state index contributed by atoms with van der Waals surface area (Å²) in [6.45, 7) is 3.15. The molecule has 0 spiro atoms. The summed E-state index contributed by atoms with van der Waals surface area (Å²) in [6.07, 6.45) is 0. The van der Waals surface area contributed by atoms with E-state index in [9.17, 15) is 13.5 Å². The summed E-state index contributed by atoms with van der Waals surface area (Å²) in [5.41, 5.74) is 2.54. The van der Waals surface area contributed by atoms with E-state index >= 15 is 0 Å². The maximum atomic E-state index is 11.8. The first-order chi connectivity index (χ1) is 10.8. The second-order valence-electron chi connectivity index (χ2n) is 5.16. The van der Waals surface area contributed by atoms with E-state index in [4.69, 9.17) is 5.11 Å². The van der Waals surface area contributed by atoms with Gasteiger partial charge >= 0.3 is 0 Å². The lowest BCUT2D eigenvalue weighted by molar-refractivity contribution is 0.319. The van der Waals surface area contributed by atoms with E-state index in [0.717, 1.165) is 0 Å². The highest BCUT2D eigenvalue weighted by atomic mass is 32.2. The van der Waals surface area contributed by atoms with Gasteiger partial charge in [0.1, 0.15) is 5.75 Å². The molecule has 0 saturated heterocycles. The van der Waals surface area contributed by atoms with Gasteiger partial charge in [0.2, 0.25) is 0 Å². The SMILES string of the molecule is Cc1cc(N=Nc2ccc(S(=O)(=O)CCO)cc2)cc(C)c1O. The Labute approximate surface area is 135 Å². The number of aliphatic hydroxyl groups excluding tert-OH is 1. The highest BCUT2D eigenvalue weighted by Crippen LogP contribution is 2.28. The second kappa shape index (κ2) is 6.89. The number of nitrogens with zero attached hydrogens (tertiary/aromatic N) is 2. The first-order valence-corrected chi connectivity index (χ1v) is 8.64. The summed E-state index contributed by atoms with van der Waals surface area (Å²) in [5, 5.41) is 26.6. The van der Waals surface area contributed by atoms with Crippen LogP contribution in [0.15, 0.2) is 51.5 Å². The first-order valence-electron chi connectivity index (χ1n) is 6.99. The van der Waals surface area contributed by atoms with Gasteiger partial charge in [0.05, 0.1) is 28.6 Å². The molecule has 2 aromatic rings. The number of aliphatic hydroxyl groups is 1. The molecule has 0 unspecified atom stereocenters. The van der Waals surface area contributed by atoms with Crippen molar-refractivity contribution in [2.24, 2.45) is 10.2 Å². The van der Waals surface area contributed by atoms with E-state index in [1.165, 1.54) is 12.1 Å². The zero-order chi connectivity index (χ0) is 17.0. The van der Waals surface area contributed by atoms with Gasteiger partial charge in [-0.1, -0.05) is 0 Å². The molecule has 0 aliphatic carbocycles. The minimum atomic E-state index is -3.46. The number of hydrogen-bond acceptors (Lipinski definition) is 6. The number of sulfone groups is 1. The number of azo groups is 1. The zero-order valence-electron chi connectivity index (χ0n) is 12.9. The standard InChI is InChI=1S/C16H18N2O4S/c1-11-9-14(10-12(2)16(11)20)18-17-13-3-5-15(6-4-13)23(21,22)8-7-19/h3-6,9-10,19-20H,7-8H2,1-2H3. The fourth-order valence-corrected chi connectivity index (χ4v) is 3.09. The van der Waals surface area contributed by atoms with E-state index < -0.39 is 16.4 Å². The average Bonchev–Trinajstić information content (AvgIpc) is 2.51. The van der Waals surface area contributed by atoms with Crippen molar-refractivity contribution in [2.75, 3.05) is 12.4 Å². The molecule has 0 aromatic heterocycles. The first kappa shape index (κ1) is 17.1. The number of rotatable bonds is 5. The van der Waals surface area contributed by atoms with Crippen LogP contribution in [0.1, 0.15) is 11.1 Å². The minimum absolute atomic E-state index is 0.141. The fourth-order valence-electron chi connectivity index (χ4n) is 2.06. The predicted octanol–water partition coefficient (Wildman–Crippen LogP) is 3.19. The molecule has 0 radical (unpaired) electrons. The third kappa shape index (κ3) is 4.14. The van der Waals surface area contributed by atoms with Crippen LogP contribution in [0.5, 0.6) is 5.75 Å². The maximum Gasteiger partial charge on any atom is 0.180 e. The molecule has 0 saturated carbocycles. The maximum absolute atomic E-state index is 11.8. The molecular weight excluding hydrogens is 316 g/mol. The summed E-state index contributed by atoms with van der Waals surface area (Å²) in [6, 6.07) is 9.40. The highest BCUT2D eigenvalue weighted by Gasteiger charge is 2.13. The molecule has 2 aromatic carbocycles. The van der Waals surface area contributed by atoms with Gasteiger partial charge < -0.3 is 10.2 Å². The number of benzene rings is 2. The van der Waals surface area contributed by atoms with Crippen LogP contribution >= 0.6 is 0 Å². The van der Waals surface area contributed by atoms with Gasteiger partial charge in [-0.05, 0) is 61.4 Å². The normalized spacial score (nSPS) is 12.0. The largest absolute Gasteiger partial charge is 0.507 e. The van der Waals surface area contributed by atoms with Crippen molar-refractivity contribution in [3.8, 4) is 5.75 Å².